The van der Waals surface area contributed by atoms with Crippen molar-refractivity contribution in [2.75, 3.05) is 6.61 Å². The van der Waals surface area contributed by atoms with Gasteiger partial charge in [0.05, 0.1) is 6.61 Å². The maximum absolute atomic E-state index is 13.5. The Hall–Kier alpha value is -1.50. The number of Topliss-reactive ketones (excluding diaryl/α,β-unsaturated/α-hetero) is 1. The van der Waals surface area contributed by atoms with E-state index in [2.05, 4.69) is 0 Å². The molecule has 0 saturated heterocycles. The van der Waals surface area contributed by atoms with Gasteiger partial charge in [-0.15, -0.1) is 0 Å². The summed E-state index contributed by atoms with van der Waals surface area (Å²) < 4.78 is 71.2. The van der Waals surface area contributed by atoms with Gasteiger partial charge in [0.1, 0.15) is 6.10 Å². The first-order valence-corrected chi connectivity index (χ1v) is 6.85. The van der Waals surface area contributed by atoms with Crippen molar-refractivity contribution >= 4 is 5.78 Å². The summed E-state index contributed by atoms with van der Waals surface area (Å²) in [6.07, 6.45) is -1.10. The van der Waals surface area contributed by atoms with Crippen molar-refractivity contribution in [3.05, 3.63) is 34.6 Å². The van der Waals surface area contributed by atoms with Crippen molar-refractivity contribution in [3.8, 4) is 0 Å². The third-order valence-electron chi connectivity index (χ3n) is 3.43. The Morgan fingerprint density at radius 3 is 1.86 bits per heavy atom. The van der Waals surface area contributed by atoms with Crippen LogP contribution in [0.1, 0.15) is 32.8 Å². The zero-order valence-electron chi connectivity index (χ0n) is 12.5. The van der Waals surface area contributed by atoms with Crippen molar-refractivity contribution in [1.29, 1.82) is 0 Å². The third kappa shape index (κ3) is 4.03. The van der Waals surface area contributed by atoms with Gasteiger partial charge in [-0.3, -0.25) is 4.79 Å². The van der Waals surface area contributed by atoms with E-state index >= 15 is 0 Å². The van der Waals surface area contributed by atoms with E-state index < -0.39 is 53.0 Å². The molecule has 0 amide bonds. The van der Waals surface area contributed by atoms with Crippen LogP contribution in [0, 0.1) is 35.0 Å². The molecular formula is C15H17F5O2. The molecule has 0 aliphatic rings. The topological polar surface area (TPSA) is 26.3 Å². The van der Waals surface area contributed by atoms with Crippen molar-refractivity contribution in [1.82, 2.24) is 0 Å². The van der Waals surface area contributed by atoms with Gasteiger partial charge in [-0.1, -0.05) is 20.3 Å². The summed E-state index contributed by atoms with van der Waals surface area (Å²) in [5.41, 5.74) is -1.14. The molecule has 0 bridgehead atoms. The molecule has 0 spiro atoms. The lowest BCUT2D eigenvalue weighted by Crippen LogP contribution is -2.26. The van der Waals surface area contributed by atoms with Crippen LogP contribution in [0.5, 0.6) is 0 Å². The predicted octanol–water partition coefficient (Wildman–Crippen LogP) is 3.94. The van der Waals surface area contributed by atoms with Crippen LogP contribution in [-0.4, -0.2) is 18.5 Å². The Bertz CT molecular complexity index is 530. The van der Waals surface area contributed by atoms with Gasteiger partial charge in [-0.05, 0) is 12.8 Å². The van der Waals surface area contributed by atoms with Crippen LogP contribution in [0.3, 0.4) is 0 Å². The van der Waals surface area contributed by atoms with E-state index in [1.54, 1.807) is 0 Å². The number of rotatable bonds is 7. The first-order valence-electron chi connectivity index (χ1n) is 6.85. The van der Waals surface area contributed by atoms with Crippen LogP contribution < -0.4 is 0 Å². The molecule has 2 atom stereocenters. The minimum Gasteiger partial charge on any atom is -0.370 e. The summed E-state index contributed by atoms with van der Waals surface area (Å²) >= 11 is 0. The molecule has 0 aromatic heterocycles. The van der Waals surface area contributed by atoms with E-state index in [9.17, 15) is 26.7 Å². The van der Waals surface area contributed by atoms with E-state index in [0.29, 0.717) is 0 Å². The second-order valence-corrected chi connectivity index (χ2v) is 5.18. The second-order valence-electron chi connectivity index (χ2n) is 5.18. The summed E-state index contributed by atoms with van der Waals surface area (Å²) in [4.78, 5) is 11.8. The molecule has 2 nitrogen and oxygen atoms in total. The van der Waals surface area contributed by atoms with E-state index in [1.165, 1.54) is 6.92 Å². The number of hydrogen-bond acceptors (Lipinski definition) is 2. The molecule has 0 aliphatic carbocycles. The smallest absolute Gasteiger partial charge is 0.200 e. The van der Waals surface area contributed by atoms with Crippen molar-refractivity contribution in [2.24, 2.45) is 5.92 Å². The van der Waals surface area contributed by atoms with Gasteiger partial charge in [0, 0.05) is 12.0 Å². The van der Waals surface area contributed by atoms with Crippen LogP contribution in [0.4, 0.5) is 22.0 Å². The zero-order chi connectivity index (χ0) is 17.0. The Morgan fingerprint density at radius 1 is 0.955 bits per heavy atom. The summed E-state index contributed by atoms with van der Waals surface area (Å²) in [6, 6.07) is 0. The van der Waals surface area contributed by atoms with Crippen LogP contribution in [0.15, 0.2) is 0 Å². The van der Waals surface area contributed by atoms with E-state index in [0.717, 1.165) is 6.42 Å². The lowest BCUT2D eigenvalue weighted by molar-refractivity contribution is -0.129. The molecule has 22 heavy (non-hydrogen) atoms. The molecule has 2 unspecified atom stereocenters. The summed E-state index contributed by atoms with van der Waals surface area (Å²) in [7, 11) is 0. The molecule has 1 aromatic carbocycles. The van der Waals surface area contributed by atoms with Gasteiger partial charge >= 0.3 is 0 Å². The van der Waals surface area contributed by atoms with Gasteiger partial charge in [0.2, 0.25) is 5.82 Å². The number of carbonyl (C=O) groups is 1. The van der Waals surface area contributed by atoms with Crippen LogP contribution in [0.25, 0.3) is 0 Å². The molecule has 124 valence electrons. The quantitative estimate of drug-likeness (QED) is 0.431. The Morgan fingerprint density at radius 2 is 1.41 bits per heavy atom. The molecule has 1 aromatic rings. The number of ketones is 1. The highest BCUT2D eigenvalue weighted by Gasteiger charge is 2.28. The fourth-order valence-electron chi connectivity index (χ4n) is 1.64. The van der Waals surface area contributed by atoms with Gasteiger partial charge in [0.15, 0.2) is 29.1 Å². The van der Waals surface area contributed by atoms with Crippen LogP contribution in [0.2, 0.25) is 0 Å². The molecular weight excluding hydrogens is 307 g/mol. The van der Waals surface area contributed by atoms with E-state index in [-0.39, 0.29) is 12.5 Å². The fraction of sp³-hybridized carbons (Fsp3) is 0.533. The summed E-state index contributed by atoms with van der Waals surface area (Å²) in [5.74, 6) is -10.9. The minimum absolute atomic E-state index is 0.185. The third-order valence-corrected chi connectivity index (χ3v) is 3.43. The number of halogens is 5. The highest BCUT2D eigenvalue weighted by Crippen LogP contribution is 2.24. The molecule has 0 heterocycles. The molecule has 1 rings (SSSR count). The lowest BCUT2D eigenvalue weighted by Gasteiger charge is -2.16. The first-order chi connectivity index (χ1) is 10.2. The van der Waals surface area contributed by atoms with E-state index in [4.69, 9.17) is 4.74 Å². The highest BCUT2D eigenvalue weighted by molar-refractivity contribution is 5.85. The van der Waals surface area contributed by atoms with Crippen LogP contribution in [-0.2, 0) is 16.0 Å². The zero-order valence-corrected chi connectivity index (χ0v) is 12.5. The average Bonchev–Trinajstić information content (AvgIpc) is 2.52. The fourth-order valence-corrected chi connectivity index (χ4v) is 1.64. The molecule has 0 fully saturated rings. The average molecular weight is 324 g/mol. The number of hydrogen-bond donors (Lipinski definition) is 0. The van der Waals surface area contributed by atoms with Gasteiger partial charge in [0.25, 0.3) is 0 Å². The van der Waals surface area contributed by atoms with Gasteiger partial charge in [-0.25, -0.2) is 22.0 Å². The number of ether oxygens (including phenoxy) is 1. The van der Waals surface area contributed by atoms with Crippen molar-refractivity contribution in [3.63, 3.8) is 0 Å². The SMILES string of the molecule is CCC(C)COC(C)C(=O)Cc1c(F)c(F)c(F)c(F)c1F. The van der Waals surface area contributed by atoms with Gasteiger partial charge < -0.3 is 4.74 Å². The molecule has 7 heteroatoms. The predicted molar refractivity (Wildman–Crippen MR) is 69.8 cm³/mol. The van der Waals surface area contributed by atoms with Crippen molar-refractivity contribution in [2.45, 2.75) is 39.7 Å². The lowest BCUT2D eigenvalue weighted by atomic mass is 10.0. The Kier molecular flexibility index (Phi) is 6.47. The first kappa shape index (κ1) is 18.5. The molecule has 0 aliphatic heterocycles. The molecule has 0 N–H and O–H groups in total. The monoisotopic (exact) mass is 324 g/mol. The number of benzene rings is 1. The normalized spacial score (nSPS) is 14.0. The summed E-state index contributed by atoms with van der Waals surface area (Å²) in [6.45, 7) is 5.45. The largest absolute Gasteiger partial charge is 0.370 e. The van der Waals surface area contributed by atoms with E-state index in [1.807, 2.05) is 13.8 Å². The van der Waals surface area contributed by atoms with Crippen LogP contribution >= 0.6 is 0 Å². The molecule has 0 saturated carbocycles. The summed E-state index contributed by atoms with van der Waals surface area (Å²) in [5, 5.41) is 0. The Balaban J connectivity index is 2.89. The maximum Gasteiger partial charge on any atom is 0.200 e. The molecule has 0 radical (unpaired) electrons. The second kappa shape index (κ2) is 7.67. The van der Waals surface area contributed by atoms with Gasteiger partial charge in [-0.2, -0.15) is 0 Å². The minimum atomic E-state index is -2.24. The Labute approximate surface area is 125 Å². The number of carbonyl (C=O) groups excluding carboxylic acids is 1. The van der Waals surface area contributed by atoms with Crippen molar-refractivity contribution < 1.29 is 31.5 Å². The maximum atomic E-state index is 13.5. The standard InChI is InChI=1S/C15H17F5O2/c1-4-7(2)6-22-8(3)10(21)5-9-11(16)13(18)15(20)14(19)12(9)17/h7-8H,4-6H2,1-3H3. The highest BCUT2D eigenvalue weighted by atomic mass is 19.2.